The van der Waals surface area contributed by atoms with E-state index in [1.165, 1.54) is 46.8 Å². The summed E-state index contributed by atoms with van der Waals surface area (Å²) in [5.41, 5.74) is 9.50. The monoisotopic (exact) mass is 376 g/mol. The van der Waals surface area contributed by atoms with Crippen LogP contribution in [0.15, 0.2) is 60.7 Å². The summed E-state index contributed by atoms with van der Waals surface area (Å²) in [6.07, 6.45) is 3.38. The van der Waals surface area contributed by atoms with Crippen molar-refractivity contribution in [3.05, 3.63) is 82.2 Å². The van der Waals surface area contributed by atoms with Gasteiger partial charge in [0, 0.05) is 21.9 Å². The molecule has 4 rings (SSSR count). The molecule has 0 spiro atoms. The van der Waals surface area contributed by atoms with E-state index >= 15 is 0 Å². The predicted octanol–water partition coefficient (Wildman–Crippen LogP) is 4.70. The minimum atomic E-state index is -0.369. The van der Waals surface area contributed by atoms with Crippen LogP contribution in [-0.4, -0.2) is 23.9 Å². The third-order valence-electron chi connectivity index (χ3n) is 5.16. The number of hydrogen-bond donors (Lipinski definition) is 1. The minimum Gasteiger partial charge on any atom is -0.366 e. The van der Waals surface area contributed by atoms with Crippen molar-refractivity contribution in [3.8, 4) is 10.4 Å². The number of benzene rings is 2. The second-order valence-corrected chi connectivity index (χ2v) is 8.31. The van der Waals surface area contributed by atoms with E-state index in [0.717, 1.165) is 12.1 Å². The predicted molar refractivity (Wildman–Crippen MR) is 112 cm³/mol. The van der Waals surface area contributed by atoms with Gasteiger partial charge in [-0.1, -0.05) is 42.5 Å². The van der Waals surface area contributed by atoms with Crippen LogP contribution >= 0.6 is 11.3 Å². The number of carbonyl (C=O) groups is 1. The zero-order valence-corrected chi connectivity index (χ0v) is 16.2. The highest BCUT2D eigenvalue weighted by molar-refractivity contribution is 7.15. The lowest BCUT2D eigenvalue weighted by Gasteiger charge is -2.12. The van der Waals surface area contributed by atoms with E-state index in [2.05, 4.69) is 41.3 Å². The number of thiophene rings is 1. The SMILES string of the molecule is NC(=O)c1ccccc1Cc1ccc(-c2ccc(CN3CCCC3)s2)cc1. The summed E-state index contributed by atoms with van der Waals surface area (Å²) < 4.78 is 0. The van der Waals surface area contributed by atoms with Gasteiger partial charge in [0.2, 0.25) is 5.91 Å². The van der Waals surface area contributed by atoms with Crippen LogP contribution in [0.3, 0.4) is 0 Å². The maximum atomic E-state index is 11.6. The van der Waals surface area contributed by atoms with E-state index < -0.39 is 0 Å². The Labute approximate surface area is 164 Å². The highest BCUT2D eigenvalue weighted by Gasteiger charge is 2.13. The third-order valence-corrected chi connectivity index (χ3v) is 6.27. The quantitative estimate of drug-likeness (QED) is 0.678. The van der Waals surface area contributed by atoms with E-state index in [4.69, 9.17) is 5.73 Å². The average molecular weight is 377 g/mol. The number of nitrogens with zero attached hydrogens (tertiary/aromatic N) is 1. The molecular weight excluding hydrogens is 352 g/mol. The topological polar surface area (TPSA) is 46.3 Å². The Morgan fingerprint density at radius 1 is 0.963 bits per heavy atom. The minimum absolute atomic E-state index is 0.369. The molecule has 1 aromatic heterocycles. The molecule has 4 heteroatoms. The summed E-state index contributed by atoms with van der Waals surface area (Å²) in [4.78, 5) is 16.9. The van der Waals surface area contributed by atoms with Gasteiger partial charge in [-0.2, -0.15) is 0 Å². The van der Waals surface area contributed by atoms with Crippen LogP contribution in [0.25, 0.3) is 10.4 Å². The summed E-state index contributed by atoms with van der Waals surface area (Å²) in [5, 5.41) is 0. The van der Waals surface area contributed by atoms with Crippen LogP contribution in [0.1, 0.15) is 39.2 Å². The molecule has 2 heterocycles. The van der Waals surface area contributed by atoms with Crippen LogP contribution in [0, 0.1) is 0 Å². The average Bonchev–Trinajstić information content (AvgIpc) is 3.35. The fourth-order valence-corrected chi connectivity index (χ4v) is 4.76. The highest BCUT2D eigenvalue weighted by Crippen LogP contribution is 2.30. The van der Waals surface area contributed by atoms with Gasteiger partial charge in [0.05, 0.1) is 0 Å². The van der Waals surface area contributed by atoms with Crippen molar-refractivity contribution in [2.45, 2.75) is 25.8 Å². The molecular formula is C23H24N2OS. The summed E-state index contributed by atoms with van der Waals surface area (Å²) in [7, 11) is 0. The fourth-order valence-electron chi connectivity index (χ4n) is 3.70. The second kappa shape index (κ2) is 8.07. The van der Waals surface area contributed by atoms with Crippen molar-refractivity contribution in [2.75, 3.05) is 13.1 Å². The van der Waals surface area contributed by atoms with Crippen molar-refractivity contribution in [2.24, 2.45) is 5.73 Å². The molecule has 0 saturated carbocycles. The molecule has 3 aromatic rings. The van der Waals surface area contributed by atoms with Gasteiger partial charge in [-0.15, -0.1) is 11.3 Å². The summed E-state index contributed by atoms with van der Waals surface area (Å²) in [6, 6.07) is 20.7. The van der Waals surface area contributed by atoms with Crippen LogP contribution in [0.2, 0.25) is 0 Å². The standard InChI is InChI=1S/C23H24N2OS/c24-23(26)21-6-2-1-5-19(21)15-17-7-9-18(10-8-17)22-12-11-20(27-22)16-25-13-3-4-14-25/h1-2,5-12H,3-4,13-16H2,(H2,24,26). The summed E-state index contributed by atoms with van der Waals surface area (Å²) >= 11 is 1.89. The number of rotatable bonds is 6. The number of carbonyl (C=O) groups excluding carboxylic acids is 1. The molecule has 0 unspecified atom stereocenters. The lowest BCUT2D eigenvalue weighted by atomic mass is 9.98. The molecule has 0 aliphatic carbocycles. The first-order valence-corrected chi connectivity index (χ1v) is 10.3. The van der Waals surface area contributed by atoms with Gasteiger partial charge in [0.15, 0.2) is 0 Å². The summed E-state index contributed by atoms with van der Waals surface area (Å²) in [6.45, 7) is 3.54. The fraction of sp³-hybridized carbons (Fsp3) is 0.261. The number of amides is 1. The molecule has 1 aliphatic heterocycles. The molecule has 2 aromatic carbocycles. The molecule has 27 heavy (non-hydrogen) atoms. The molecule has 3 nitrogen and oxygen atoms in total. The smallest absolute Gasteiger partial charge is 0.248 e. The van der Waals surface area contributed by atoms with Gasteiger partial charge in [-0.3, -0.25) is 9.69 Å². The first-order valence-electron chi connectivity index (χ1n) is 9.47. The Kier molecular flexibility index (Phi) is 5.37. The molecule has 138 valence electrons. The maximum Gasteiger partial charge on any atom is 0.248 e. The van der Waals surface area contributed by atoms with Crippen LogP contribution < -0.4 is 5.73 Å². The normalized spacial score (nSPS) is 14.5. The van der Waals surface area contributed by atoms with Crippen molar-refractivity contribution in [1.82, 2.24) is 4.90 Å². The summed E-state index contributed by atoms with van der Waals surface area (Å²) in [5.74, 6) is -0.369. The van der Waals surface area contributed by atoms with E-state index in [1.54, 1.807) is 6.07 Å². The second-order valence-electron chi connectivity index (χ2n) is 7.14. The van der Waals surface area contributed by atoms with Gasteiger partial charge < -0.3 is 5.73 Å². The van der Waals surface area contributed by atoms with Gasteiger partial charge in [0.1, 0.15) is 0 Å². The van der Waals surface area contributed by atoms with E-state index in [-0.39, 0.29) is 5.91 Å². The maximum absolute atomic E-state index is 11.6. The highest BCUT2D eigenvalue weighted by atomic mass is 32.1. The number of primary amides is 1. The van der Waals surface area contributed by atoms with Crippen molar-refractivity contribution < 1.29 is 4.79 Å². The van der Waals surface area contributed by atoms with Crippen molar-refractivity contribution in [1.29, 1.82) is 0 Å². The Balaban J connectivity index is 1.46. The molecule has 1 aliphatic rings. The van der Waals surface area contributed by atoms with Crippen LogP contribution in [0.5, 0.6) is 0 Å². The number of hydrogen-bond acceptors (Lipinski definition) is 3. The lowest BCUT2D eigenvalue weighted by molar-refractivity contribution is 0.0999. The number of nitrogens with two attached hydrogens (primary N) is 1. The molecule has 1 saturated heterocycles. The first kappa shape index (κ1) is 18.0. The van der Waals surface area contributed by atoms with Crippen molar-refractivity contribution >= 4 is 17.2 Å². The number of likely N-dealkylation sites (tertiary alicyclic amines) is 1. The molecule has 0 radical (unpaired) electrons. The van der Waals surface area contributed by atoms with Gasteiger partial charge in [-0.25, -0.2) is 0 Å². The Hall–Kier alpha value is -2.43. The van der Waals surface area contributed by atoms with E-state index in [9.17, 15) is 4.79 Å². The van der Waals surface area contributed by atoms with Gasteiger partial charge >= 0.3 is 0 Å². The van der Waals surface area contributed by atoms with Gasteiger partial charge in [0.25, 0.3) is 0 Å². The molecule has 0 bridgehead atoms. The Morgan fingerprint density at radius 2 is 1.70 bits per heavy atom. The first-order chi connectivity index (χ1) is 13.2. The van der Waals surface area contributed by atoms with Crippen LogP contribution in [0.4, 0.5) is 0 Å². The molecule has 0 atom stereocenters. The zero-order chi connectivity index (χ0) is 18.6. The van der Waals surface area contributed by atoms with Gasteiger partial charge in [-0.05, 0) is 67.2 Å². The third kappa shape index (κ3) is 4.29. The largest absolute Gasteiger partial charge is 0.366 e. The molecule has 1 fully saturated rings. The lowest BCUT2D eigenvalue weighted by Crippen LogP contribution is -2.17. The Bertz CT molecular complexity index is 924. The van der Waals surface area contributed by atoms with E-state index in [1.807, 2.05) is 29.5 Å². The molecule has 1 amide bonds. The Morgan fingerprint density at radius 3 is 2.44 bits per heavy atom. The molecule has 2 N–H and O–H groups in total. The van der Waals surface area contributed by atoms with Crippen LogP contribution in [-0.2, 0) is 13.0 Å². The van der Waals surface area contributed by atoms with Crippen molar-refractivity contribution in [3.63, 3.8) is 0 Å². The van der Waals surface area contributed by atoms with E-state index in [0.29, 0.717) is 12.0 Å². The zero-order valence-electron chi connectivity index (χ0n) is 15.4.